The summed E-state index contributed by atoms with van der Waals surface area (Å²) in [4.78, 5) is 13.0. The molecule has 0 saturated heterocycles. The van der Waals surface area contributed by atoms with E-state index in [1.807, 2.05) is 43.3 Å². The van der Waals surface area contributed by atoms with Crippen LogP contribution in [0, 0.1) is 6.92 Å². The predicted octanol–water partition coefficient (Wildman–Crippen LogP) is 3.85. The maximum atomic E-state index is 6.05. The number of allylic oxidation sites excluding steroid dienone is 2. The number of nitrogens with zero attached hydrogens (tertiary/aromatic N) is 3. The Morgan fingerprint density at radius 1 is 1.15 bits per heavy atom. The number of rotatable bonds is 2. The number of hydrogen-bond donors (Lipinski definition) is 0. The molecule has 2 aromatic rings. The van der Waals surface area contributed by atoms with Crippen molar-refractivity contribution in [1.29, 1.82) is 0 Å². The smallest absolute Gasteiger partial charge is 0.212 e. The zero-order valence-corrected chi connectivity index (χ0v) is 11.7. The fourth-order valence-corrected chi connectivity index (χ4v) is 2.28. The summed E-state index contributed by atoms with van der Waals surface area (Å²) in [6, 6.07) is 7.97. The Bertz CT molecular complexity index is 754. The quantitative estimate of drug-likeness (QED) is 0.785. The van der Waals surface area contributed by atoms with Crippen LogP contribution in [0.5, 0.6) is 0 Å². The van der Waals surface area contributed by atoms with E-state index in [0.717, 1.165) is 17.5 Å². The fraction of sp³-hybridized carbons (Fsp3) is 0.188. The molecule has 1 unspecified atom stereocenters. The zero-order chi connectivity index (χ0) is 13.9. The first kappa shape index (κ1) is 12.8. The van der Waals surface area contributed by atoms with Gasteiger partial charge in [-0.25, -0.2) is 9.97 Å². The maximum Gasteiger partial charge on any atom is 0.226 e. The number of aryl methyl sites for hydroxylation is 1. The second kappa shape index (κ2) is 5.44. The lowest BCUT2D eigenvalue weighted by atomic mass is 10.0. The molecule has 20 heavy (non-hydrogen) atoms. The van der Waals surface area contributed by atoms with Crippen molar-refractivity contribution in [3.63, 3.8) is 0 Å². The van der Waals surface area contributed by atoms with Crippen LogP contribution in [0.3, 0.4) is 0 Å². The van der Waals surface area contributed by atoms with Crippen molar-refractivity contribution in [2.24, 2.45) is 0 Å². The fourth-order valence-electron chi connectivity index (χ4n) is 2.12. The summed E-state index contributed by atoms with van der Waals surface area (Å²) < 4.78 is 0. The molecule has 1 aliphatic rings. The van der Waals surface area contributed by atoms with Gasteiger partial charge in [0, 0.05) is 11.5 Å². The van der Waals surface area contributed by atoms with E-state index in [-0.39, 0.29) is 11.2 Å². The van der Waals surface area contributed by atoms with Gasteiger partial charge in [0.1, 0.15) is 5.82 Å². The van der Waals surface area contributed by atoms with Crippen molar-refractivity contribution in [3.8, 4) is 11.4 Å². The van der Waals surface area contributed by atoms with Crippen LogP contribution in [-0.4, -0.2) is 15.0 Å². The van der Waals surface area contributed by atoms with Gasteiger partial charge in [0.2, 0.25) is 5.28 Å². The van der Waals surface area contributed by atoms with Crippen LogP contribution in [0.2, 0.25) is 5.28 Å². The van der Waals surface area contributed by atoms with Gasteiger partial charge in [-0.1, -0.05) is 35.7 Å². The van der Waals surface area contributed by atoms with Gasteiger partial charge in [-0.15, -0.1) is 0 Å². The first-order valence-corrected chi connectivity index (χ1v) is 6.75. The first-order chi connectivity index (χ1) is 9.74. The summed E-state index contributed by atoms with van der Waals surface area (Å²) in [5, 5.41) is 0.222. The summed E-state index contributed by atoms with van der Waals surface area (Å²) in [7, 11) is 0. The highest BCUT2D eigenvalue weighted by atomic mass is 35.5. The van der Waals surface area contributed by atoms with E-state index < -0.39 is 0 Å². The average Bonchev–Trinajstić information content (AvgIpc) is 2.48. The molecule has 0 amide bonds. The molecule has 1 aliphatic carbocycles. The van der Waals surface area contributed by atoms with Crippen molar-refractivity contribution in [2.45, 2.75) is 19.3 Å². The van der Waals surface area contributed by atoms with Gasteiger partial charge in [-0.3, -0.25) is 0 Å². The monoisotopic (exact) mass is 281 g/mol. The molecule has 0 spiro atoms. The molecule has 1 atom stereocenters. The molecule has 98 valence electrons. The molecular formula is C16H12ClN3. The Labute approximate surface area is 122 Å². The highest BCUT2D eigenvalue weighted by Crippen LogP contribution is 2.25. The normalized spacial score (nSPS) is 16.6. The summed E-state index contributed by atoms with van der Waals surface area (Å²) in [6.07, 6.45) is 4.64. The third kappa shape index (κ3) is 2.56. The lowest BCUT2D eigenvalue weighted by molar-refractivity contribution is 0.764. The molecule has 0 fully saturated rings. The molecule has 0 radical (unpaired) electrons. The largest absolute Gasteiger partial charge is 0.226 e. The van der Waals surface area contributed by atoms with E-state index >= 15 is 0 Å². The Balaban J connectivity index is 2.08. The zero-order valence-electron chi connectivity index (χ0n) is 11.0. The Hall–Kier alpha value is -2.18. The van der Waals surface area contributed by atoms with E-state index in [0.29, 0.717) is 11.6 Å². The molecule has 1 heterocycles. The van der Waals surface area contributed by atoms with E-state index in [2.05, 4.69) is 26.4 Å². The lowest BCUT2D eigenvalue weighted by Crippen LogP contribution is -2.06. The molecule has 3 nitrogen and oxygen atoms in total. The van der Waals surface area contributed by atoms with Crippen molar-refractivity contribution in [1.82, 2.24) is 15.0 Å². The van der Waals surface area contributed by atoms with Crippen LogP contribution in [0.1, 0.15) is 23.7 Å². The van der Waals surface area contributed by atoms with Crippen molar-refractivity contribution in [3.05, 3.63) is 64.6 Å². The third-order valence-corrected chi connectivity index (χ3v) is 3.35. The molecule has 1 aromatic heterocycles. The Kier molecular flexibility index (Phi) is 3.49. The molecule has 0 bridgehead atoms. The second-order valence-corrected chi connectivity index (χ2v) is 4.94. The first-order valence-electron chi connectivity index (χ1n) is 6.37. The van der Waals surface area contributed by atoms with Crippen LogP contribution in [0.15, 0.2) is 47.9 Å². The SMILES string of the molecule is Cc1ccccc1-c1nc(Cl)nc(C2C=C=C=CC2)n1. The summed E-state index contributed by atoms with van der Waals surface area (Å²) in [5.41, 5.74) is 7.96. The molecule has 1 aromatic carbocycles. The summed E-state index contributed by atoms with van der Waals surface area (Å²) in [5.74, 6) is 1.37. The van der Waals surface area contributed by atoms with Crippen LogP contribution < -0.4 is 0 Å². The van der Waals surface area contributed by atoms with Gasteiger partial charge < -0.3 is 0 Å². The summed E-state index contributed by atoms with van der Waals surface area (Å²) >= 11 is 6.05. The van der Waals surface area contributed by atoms with Crippen LogP contribution in [0.4, 0.5) is 0 Å². The summed E-state index contributed by atoms with van der Waals surface area (Å²) in [6.45, 7) is 2.03. The average molecular weight is 282 g/mol. The van der Waals surface area contributed by atoms with Gasteiger partial charge in [0.05, 0.1) is 0 Å². The molecule has 0 N–H and O–H groups in total. The highest BCUT2D eigenvalue weighted by Gasteiger charge is 2.16. The highest BCUT2D eigenvalue weighted by molar-refractivity contribution is 6.28. The van der Waals surface area contributed by atoms with E-state index in [1.165, 1.54) is 0 Å². The second-order valence-electron chi connectivity index (χ2n) is 4.60. The molecule has 3 rings (SSSR count). The van der Waals surface area contributed by atoms with Gasteiger partial charge in [-0.2, -0.15) is 4.98 Å². The van der Waals surface area contributed by atoms with Crippen LogP contribution in [0.25, 0.3) is 11.4 Å². The molecule has 0 aliphatic heterocycles. The topological polar surface area (TPSA) is 38.7 Å². The van der Waals surface area contributed by atoms with Gasteiger partial charge in [0.15, 0.2) is 5.82 Å². The van der Waals surface area contributed by atoms with Crippen molar-refractivity contribution in [2.75, 3.05) is 0 Å². The maximum absolute atomic E-state index is 6.05. The predicted molar refractivity (Wildman–Crippen MR) is 78.5 cm³/mol. The molecule has 4 heteroatoms. The minimum absolute atomic E-state index is 0.0829. The molecular weight excluding hydrogens is 270 g/mol. The number of halogens is 1. The van der Waals surface area contributed by atoms with E-state index in [4.69, 9.17) is 11.6 Å². The van der Waals surface area contributed by atoms with Crippen LogP contribution >= 0.6 is 11.6 Å². The van der Waals surface area contributed by atoms with Gasteiger partial charge in [-0.05, 0) is 42.7 Å². The van der Waals surface area contributed by atoms with E-state index in [9.17, 15) is 0 Å². The molecule has 0 saturated carbocycles. The van der Waals surface area contributed by atoms with Gasteiger partial charge in [0.25, 0.3) is 0 Å². The number of aromatic nitrogens is 3. The van der Waals surface area contributed by atoms with Crippen LogP contribution in [-0.2, 0) is 0 Å². The minimum atomic E-state index is 0.0829. The van der Waals surface area contributed by atoms with Crippen molar-refractivity contribution >= 4 is 11.6 Å². The number of hydrogen-bond acceptors (Lipinski definition) is 3. The third-order valence-electron chi connectivity index (χ3n) is 3.18. The lowest BCUT2D eigenvalue weighted by Gasteiger charge is -2.11. The number of benzene rings is 1. The van der Waals surface area contributed by atoms with E-state index in [1.54, 1.807) is 0 Å². The van der Waals surface area contributed by atoms with Crippen molar-refractivity contribution < 1.29 is 0 Å². The standard InChI is InChI=1S/C16H12ClN3/c1-11-7-5-6-10-13(11)15-18-14(19-16(17)20-15)12-8-3-2-4-9-12/h3,5-7,9-10,12H,8H2,1H3. The Morgan fingerprint density at radius 3 is 2.75 bits per heavy atom. The Morgan fingerprint density at radius 2 is 2.00 bits per heavy atom. The minimum Gasteiger partial charge on any atom is -0.212 e. The van der Waals surface area contributed by atoms with Gasteiger partial charge >= 0.3 is 0 Å².